The average molecular weight is 408 g/mol. The van der Waals surface area contributed by atoms with E-state index in [0.29, 0.717) is 6.42 Å². The molecule has 0 bridgehead atoms. The molecule has 29 heavy (non-hydrogen) atoms. The van der Waals surface area contributed by atoms with Crippen LogP contribution in [0.5, 0.6) is 0 Å². The first kappa shape index (κ1) is 19.1. The van der Waals surface area contributed by atoms with Crippen LogP contribution in [0.15, 0.2) is 81.1 Å². The molecule has 0 saturated carbocycles. The Bertz CT molecular complexity index is 1160. The zero-order chi connectivity index (χ0) is 20.3. The van der Waals surface area contributed by atoms with E-state index in [2.05, 4.69) is 22.7 Å². The van der Waals surface area contributed by atoms with Crippen molar-refractivity contribution in [1.82, 2.24) is 5.43 Å². The van der Waals surface area contributed by atoms with E-state index in [1.165, 1.54) is 35.4 Å². The number of hydrogen-bond acceptors (Lipinski definition) is 5. The fourth-order valence-corrected chi connectivity index (χ4v) is 4.59. The van der Waals surface area contributed by atoms with Crippen LogP contribution in [0.2, 0.25) is 0 Å². The highest BCUT2D eigenvalue weighted by molar-refractivity contribution is 7.90. The number of hydrazone groups is 1. The second-order valence-electron chi connectivity index (χ2n) is 6.90. The molecular formula is C22H20N2O4S. The number of sulfone groups is 1. The third kappa shape index (κ3) is 4.46. The number of fused-ring (bicyclic) bond motifs is 1. The van der Waals surface area contributed by atoms with E-state index in [1.54, 1.807) is 18.2 Å². The highest BCUT2D eigenvalue weighted by Crippen LogP contribution is 2.20. The van der Waals surface area contributed by atoms with E-state index < -0.39 is 15.7 Å². The molecule has 1 amide bonds. The smallest absolute Gasteiger partial charge is 0.307 e. The van der Waals surface area contributed by atoms with Gasteiger partial charge in [0.2, 0.25) is 0 Å². The summed E-state index contributed by atoms with van der Waals surface area (Å²) in [5, 5.41) is 4.23. The van der Waals surface area contributed by atoms with Crippen molar-refractivity contribution in [3.8, 4) is 0 Å². The largest absolute Gasteiger partial charge is 0.455 e. The summed E-state index contributed by atoms with van der Waals surface area (Å²) in [6.45, 7) is 0. The van der Waals surface area contributed by atoms with E-state index in [0.717, 1.165) is 18.6 Å². The minimum Gasteiger partial charge on any atom is -0.455 e. The molecule has 0 unspecified atom stereocenters. The molecule has 4 rings (SSSR count). The molecule has 148 valence electrons. The highest BCUT2D eigenvalue weighted by atomic mass is 32.2. The van der Waals surface area contributed by atoms with Gasteiger partial charge in [-0.15, -0.1) is 0 Å². The van der Waals surface area contributed by atoms with E-state index in [1.807, 2.05) is 12.1 Å². The average Bonchev–Trinajstić information content (AvgIpc) is 3.20. The van der Waals surface area contributed by atoms with Gasteiger partial charge < -0.3 is 4.42 Å². The van der Waals surface area contributed by atoms with Gasteiger partial charge in [-0.1, -0.05) is 42.5 Å². The lowest BCUT2D eigenvalue weighted by Crippen LogP contribution is -2.22. The van der Waals surface area contributed by atoms with Crippen molar-refractivity contribution in [2.75, 3.05) is 0 Å². The standard InChI is InChI=1S/C22H20N2O4S/c25-22(24-23-18-11-10-16-6-4-5-7-17(16)14-18)21-13-12-19(28-21)15-29(26,27)20-8-2-1-3-9-20/h1-9,12-13H,10-11,14-15H2,(H,24,25)/b23-18+. The molecule has 6 nitrogen and oxygen atoms in total. The van der Waals surface area contributed by atoms with Crippen LogP contribution in [0.3, 0.4) is 0 Å². The molecule has 1 N–H and O–H groups in total. The highest BCUT2D eigenvalue weighted by Gasteiger charge is 2.19. The molecule has 1 aromatic heterocycles. The molecule has 0 fully saturated rings. The van der Waals surface area contributed by atoms with Crippen LogP contribution in [-0.4, -0.2) is 20.0 Å². The molecule has 1 aliphatic rings. The molecule has 3 aromatic rings. The summed E-state index contributed by atoms with van der Waals surface area (Å²) in [4.78, 5) is 12.5. The van der Waals surface area contributed by atoms with Crippen LogP contribution in [0.4, 0.5) is 0 Å². The maximum Gasteiger partial charge on any atom is 0.307 e. The van der Waals surface area contributed by atoms with Crippen molar-refractivity contribution >= 4 is 21.5 Å². The fraction of sp³-hybridized carbons (Fsp3) is 0.182. The number of carbonyl (C=O) groups excluding carboxylic acids is 1. The monoisotopic (exact) mass is 408 g/mol. The lowest BCUT2D eigenvalue weighted by atomic mass is 9.90. The predicted molar refractivity (Wildman–Crippen MR) is 109 cm³/mol. The maximum absolute atomic E-state index is 12.4. The summed E-state index contributed by atoms with van der Waals surface area (Å²) in [5.41, 5.74) is 5.95. The van der Waals surface area contributed by atoms with Crippen molar-refractivity contribution in [2.24, 2.45) is 5.10 Å². The van der Waals surface area contributed by atoms with Gasteiger partial charge in [-0.25, -0.2) is 13.8 Å². The molecule has 0 aliphatic heterocycles. The zero-order valence-electron chi connectivity index (χ0n) is 15.7. The molecule has 7 heteroatoms. The third-order valence-corrected chi connectivity index (χ3v) is 6.49. The van der Waals surface area contributed by atoms with E-state index in [4.69, 9.17) is 4.42 Å². The molecular weight excluding hydrogens is 388 g/mol. The first-order valence-electron chi connectivity index (χ1n) is 9.30. The number of rotatable bonds is 5. The molecule has 0 spiro atoms. The number of furan rings is 1. The number of benzene rings is 2. The molecule has 0 radical (unpaired) electrons. The van der Waals surface area contributed by atoms with Gasteiger partial charge in [0.15, 0.2) is 15.6 Å². The first-order chi connectivity index (χ1) is 14.0. The van der Waals surface area contributed by atoms with Crippen LogP contribution in [0.1, 0.15) is 33.9 Å². The number of carbonyl (C=O) groups is 1. The molecule has 1 heterocycles. The summed E-state index contributed by atoms with van der Waals surface area (Å²) >= 11 is 0. The number of nitrogens with zero attached hydrogens (tertiary/aromatic N) is 1. The summed E-state index contributed by atoms with van der Waals surface area (Å²) in [6, 6.07) is 19.3. The Hall–Kier alpha value is -3.19. The Morgan fingerprint density at radius 1 is 0.931 bits per heavy atom. The Morgan fingerprint density at radius 2 is 1.66 bits per heavy atom. The lowest BCUT2D eigenvalue weighted by molar-refractivity contribution is 0.0925. The van der Waals surface area contributed by atoms with E-state index >= 15 is 0 Å². The van der Waals surface area contributed by atoms with Gasteiger partial charge >= 0.3 is 5.91 Å². The third-order valence-electron chi connectivity index (χ3n) is 4.83. The van der Waals surface area contributed by atoms with Crippen molar-refractivity contribution in [3.63, 3.8) is 0 Å². The van der Waals surface area contributed by atoms with Gasteiger partial charge in [0.25, 0.3) is 0 Å². The number of aryl methyl sites for hydroxylation is 1. The Labute approximate surface area is 169 Å². The van der Waals surface area contributed by atoms with Crippen LogP contribution in [0.25, 0.3) is 0 Å². The van der Waals surface area contributed by atoms with Gasteiger partial charge in [0, 0.05) is 12.1 Å². The zero-order valence-corrected chi connectivity index (χ0v) is 16.5. The molecule has 0 atom stereocenters. The topological polar surface area (TPSA) is 88.7 Å². The number of nitrogens with one attached hydrogen (secondary N) is 1. The van der Waals surface area contributed by atoms with Crippen LogP contribution < -0.4 is 5.43 Å². The van der Waals surface area contributed by atoms with Gasteiger partial charge in [-0.3, -0.25) is 4.79 Å². The molecule has 1 aliphatic carbocycles. The van der Waals surface area contributed by atoms with Gasteiger partial charge in [0.05, 0.1) is 4.90 Å². The first-order valence-corrected chi connectivity index (χ1v) is 11.0. The molecule has 2 aromatic carbocycles. The minimum absolute atomic E-state index is 0.0313. The summed E-state index contributed by atoms with van der Waals surface area (Å²) < 4.78 is 30.3. The summed E-state index contributed by atoms with van der Waals surface area (Å²) in [7, 11) is -3.54. The van der Waals surface area contributed by atoms with Crippen molar-refractivity contribution in [2.45, 2.75) is 29.9 Å². The van der Waals surface area contributed by atoms with Crippen molar-refractivity contribution in [1.29, 1.82) is 0 Å². The van der Waals surface area contributed by atoms with Crippen molar-refractivity contribution < 1.29 is 17.6 Å². The fourth-order valence-electron chi connectivity index (χ4n) is 3.32. The quantitative estimate of drug-likeness (QED) is 0.654. The van der Waals surface area contributed by atoms with Crippen LogP contribution >= 0.6 is 0 Å². The number of amides is 1. The van der Waals surface area contributed by atoms with Gasteiger partial charge in [-0.05, 0) is 48.2 Å². The SMILES string of the molecule is O=C(N/N=C1\CCc2ccccc2C1)c1ccc(CS(=O)(=O)c2ccccc2)o1. The lowest BCUT2D eigenvalue weighted by Gasteiger charge is -2.17. The van der Waals surface area contributed by atoms with Crippen LogP contribution in [0, 0.1) is 0 Å². The maximum atomic E-state index is 12.4. The minimum atomic E-state index is -3.54. The van der Waals surface area contributed by atoms with Crippen molar-refractivity contribution in [3.05, 3.63) is 89.4 Å². The predicted octanol–water partition coefficient (Wildman–Crippen LogP) is 3.53. The Morgan fingerprint density at radius 3 is 2.45 bits per heavy atom. The van der Waals surface area contributed by atoms with Gasteiger partial charge in [-0.2, -0.15) is 5.10 Å². The Balaban J connectivity index is 1.40. The molecule has 0 saturated heterocycles. The normalized spacial score (nSPS) is 15.1. The second-order valence-corrected chi connectivity index (χ2v) is 8.89. The van der Waals surface area contributed by atoms with Gasteiger partial charge in [0.1, 0.15) is 11.5 Å². The second kappa shape index (κ2) is 8.05. The van der Waals surface area contributed by atoms with E-state index in [-0.39, 0.29) is 22.2 Å². The van der Waals surface area contributed by atoms with E-state index in [9.17, 15) is 13.2 Å². The summed E-state index contributed by atoms with van der Waals surface area (Å²) in [5.74, 6) is -0.572. The van der Waals surface area contributed by atoms with Crippen LogP contribution in [-0.2, 0) is 28.4 Å². The number of hydrogen-bond donors (Lipinski definition) is 1. The Kier molecular flexibility index (Phi) is 5.31. The summed E-state index contributed by atoms with van der Waals surface area (Å²) in [6.07, 6.45) is 2.39.